The van der Waals surface area contributed by atoms with Gasteiger partial charge < -0.3 is 24.1 Å². The minimum absolute atomic E-state index is 0.0386. The molecule has 3 heterocycles. The average molecular weight is 424 g/mol. The van der Waals surface area contributed by atoms with Gasteiger partial charge in [0.25, 0.3) is 5.91 Å². The normalized spacial score (nSPS) is 14.8. The van der Waals surface area contributed by atoms with E-state index in [1.807, 2.05) is 24.3 Å². The zero-order valence-corrected chi connectivity index (χ0v) is 17.2. The number of hydrogen-bond donors (Lipinski definition) is 1. The van der Waals surface area contributed by atoms with Gasteiger partial charge in [-0.25, -0.2) is 4.79 Å². The maximum Gasteiger partial charge on any atom is 0.375 e. The predicted octanol–water partition coefficient (Wildman–Crippen LogP) is 2.55. The molecule has 2 aromatic heterocycles. The fourth-order valence-electron chi connectivity index (χ4n) is 3.22. The molecule has 1 saturated heterocycles. The quantitative estimate of drug-likeness (QED) is 0.582. The van der Waals surface area contributed by atoms with Crippen molar-refractivity contribution in [2.75, 3.05) is 36.5 Å². The zero-order chi connectivity index (χ0) is 21.6. The highest BCUT2D eigenvalue weighted by Crippen LogP contribution is 2.19. The number of nitrogens with zero attached hydrogens (tertiary/aromatic N) is 3. The van der Waals surface area contributed by atoms with Gasteiger partial charge in [0.2, 0.25) is 5.76 Å². The second-order valence-corrected chi connectivity index (χ2v) is 7.15. The number of amides is 1. The van der Waals surface area contributed by atoms with Crippen LogP contribution in [0.25, 0.3) is 0 Å². The number of rotatable bonds is 7. The first kappa shape index (κ1) is 20.7. The van der Waals surface area contributed by atoms with E-state index in [1.54, 1.807) is 29.2 Å². The number of aromatic nitrogens is 2. The van der Waals surface area contributed by atoms with Gasteiger partial charge in [-0.3, -0.25) is 9.48 Å². The van der Waals surface area contributed by atoms with Crippen molar-refractivity contribution in [2.24, 2.45) is 0 Å². The number of carbonyl (C=O) groups excluding carboxylic acids is 2. The van der Waals surface area contributed by atoms with Crippen LogP contribution in [0, 0.1) is 0 Å². The second kappa shape index (κ2) is 9.48. The lowest BCUT2D eigenvalue weighted by molar-refractivity contribution is -0.123. The lowest BCUT2D eigenvalue weighted by Crippen LogP contribution is -2.36. The Bertz CT molecular complexity index is 1010. The third-order valence-corrected chi connectivity index (χ3v) is 4.90. The number of furan rings is 1. The summed E-state index contributed by atoms with van der Waals surface area (Å²) in [7, 11) is 0. The average Bonchev–Trinajstić information content (AvgIpc) is 3.47. The molecule has 9 nitrogen and oxygen atoms in total. The summed E-state index contributed by atoms with van der Waals surface area (Å²) in [5.41, 5.74) is 1.70. The predicted molar refractivity (Wildman–Crippen MR) is 113 cm³/mol. The van der Waals surface area contributed by atoms with Crippen molar-refractivity contribution in [1.29, 1.82) is 0 Å². The van der Waals surface area contributed by atoms with E-state index < -0.39 is 18.0 Å². The third kappa shape index (κ3) is 5.32. The molecule has 1 amide bonds. The molecule has 9 heteroatoms. The van der Waals surface area contributed by atoms with E-state index in [4.69, 9.17) is 13.9 Å². The maximum absolute atomic E-state index is 12.4. The van der Waals surface area contributed by atoms with Gasteiger partial charge in [-0.05, 0) is 49.4 Å². The number of morpholine rings is 1. The van der Waals surface area contributed by atoms with E-state index in [1.165, 1.54) is 13.0 Å². The first-order valence-corrected chi connectivity index (χ1v) is 10.1. The van der Waals surface area contributed by atoms with Gasteiger partial charge in [0, 0.05) is 36.9 Å². The largest absolute Gasteiger partial charge is 0.452 e. The molecule has 0 bridgehead atoms. The molecule has 0 aliphatic carbocycles. The Morgan fingerprint density at radius 2 is 1.94 bits per heavy atom. The van der Waals surface area contributed by atoms with Gasteiger partial charge >= 0.3 is 5.97 Å². The van der Waals surface area contributed by atoms with Crippen LogP contribution in [0.4, 0.5) is 11.4 Å². The van der Waals surface area contributed by atoms with Crippen molar-refractivity contribution in [3.63, 3.8) is 0 Å². The van der Waals surface area contributed by atoms with E-state index in [0.29, 0.717) is 31.2 Å². The molecule has 4 rings (SSSR count). The van der Waals surface area contributed by atoms with E-state index >= 15 is 0 Å². The van der Waals surface area contributed by atoms with Crippen molar-refractivity contribution < 1.29 is 23.5 Å². The second-order valence-electron chi connectivity index (χ2n) is 7.15. The molecule has 1 unspecified atom stereocenters. The van der Waals surface area contributed by atoms with Crippen LogP contribution in [-0.4, -0.2) is 54.1 Å². The summed E-state index contributed by atoms with van der Waals surface area (Å²) in [6, 6.07) is 12.5. The van der Waals surface area contributed by atoms with E-state index in [2.05, 4.69) is 15.3 Å². The fraction of sp³-hybridized carbons (Fsp3) is 0.318. The minimum Gasteiger partial charge on any atom is -0.452 e. The smallest absolute Gasteiger partial charge is 0.375 e. The van der Waals surface area contributed by atoms with Crippen LogP contribution < -0.4 is 10.2 Å². The molecule has 3 aromatic rings. The molecule has 162 valence electrons. The molecule has 1 fully saturated rings. The zero-order valence-electron chi connectivity index (χ0n) is 17.2. The molecule has 1 N–H and O–H groups in total. The van der Waals surface area contributed by atoms with Gasteiger partial charge in [0.15, 0.2) is 6.10 Å². The SMILES string of the molecule is CC(OC(=O)c1ccc(Cn2cccn2)o1)C(=O)Nc1ccc(N2CCOCC2)cc1. The molecule has 31 heavy (non-hydrogen) atoms. The lowest BCUT2D eigenvalue weighted by atomic mass is 10.2. The summed E-state index contributed by atoms with van der Waals surface area (Å²) >= 11 is 0. The molecule has 1 atom stereocenters. The van der Waals surface area contributed by atoms with Crippen LogP contribution >= 0.6 is 0 Å². The summed E-state index contributed by atoms with van der Waals surface area (Å²) in [4.78, 5) is 27.0. The van der Waals surface area contributed by atoms with Crippen LogP contribution in [-0.2, 0) is 20.8 Å². The Hall–Kier alpha value is -3.59. The number of nitrogens with one attached hydrogen (secondary N) is 1. The Kier molecular flexibility index (Phi) is 6.32. The first-order valence-electron chi connectivity index (χ1n) is 10.1. The summed E-state index contributed by atoms with van der Waals surface area (Å²) in [5, 5.41) is 6.85. The van der Waals surface area contributed by atoms with Crippen LogP contribution in [0.15, 0.2) is 59.3 Å². The molecular weight excluding hydrogens is 400 g/mol. The number of benzene rings is 1. The summed E-state index contributed by atoms with van der Waals surface area (Å²) < 4.78 is 17.8. The van der Waals surface area contributed by atoms with Crippen molar-refractivity contribution in [1.82, 2.24) is 9.78 Å². The summed E-state index contributed by atoms with van der Waals surface area (Å²) in [5.74, 6) is -0.516. The Morgan fingerprint density at radius 3 is 2.65 bits per heavy atom. The maximum atomic E-state index is 12.4. The standard InChI is InChI=1S/C22H24N4O5/c1-16(30-22(28)20-8-7-19(31-20)15-26-10-2-9-23-26)21(27)24-17-3-5-18(6-4-17)25-11-13-29-14-12-25/h2-10,16H,11-15H2,1H3,(H,24,27). The van der Waals surface area contributed by atoms with Crippen molar-refractivity contribution >= 4 is 23.3 Å². The number of carbonyl (C=O) groups is 2. The summed E-state index contributed by atoms with van der Waals surface area (Å²) in [6.07, 6.45) is 2.47. The molecule has 0 saturated carbocycles. The van der Waals surface area contributed by atoms with Gasteiger partial charge in [-0.1, -0.05) is 0 Å². The molecule has 1 aliphatic heterocycles. The van der Waals surface area contributed by atoms with Crippen molar-refractivity contribution in [2.45, 2.75) is 19.6 Å². The van der Waals surface area contributed by atoms with Gasteiger partial charge in [-0.2, -0.15) is 5.10 Å². The molecular formula is C22H24N4O5. The van der Waals surface area contributed by atoms with Gasteiger partial charge in [0.05, 0.1) is 19.8 Å². The Balaban J connectivity index is 1.29. The number of esters is 1. The molecule has 1 aromatic carbocycles. The number of anilines is 2. The first-order chi connectivity index (χ1) is 15.1. The Morgan fingerprint density at radius 1 is 1.16 bits per heavy atom. The van der Waals surface area contributed by atoms with Gasteiger partial charge in [0.1, 0.15) is 5.76 Å². The van der Waals surface area contributed by atoms with Crippen molar-refractivity contribution in [3.8, 4) is 0 Å². The van der Waals surface area contributed by atoms with E-state index in [-0.39, 0.29) is 5.76 Å². The van der Waals surface area contributed by atoms with Crippen LogP contribution in [0.2, 0.25) is 0 Å². The van der Waals surface area contributed by atoms with Crippen LogP contribution in [0.3, 0.4) is 0 Å². The number of hydrogen-bond acceptors (Lipinski definition) is 7. The topological polar surface area (TPSA) is 98.8 Å². The fourth-order valence-corrected chi connectivity index (χ4v) is 3.22. The molecule has 0 radical (unpaired) electrons. The summed E-state index contributed by atoms with van der Waals surface area (Å²) in [6.45, 7) is 5.02. The van der Waals surface area contributed by atoms with Crippen molar-refractivity contribution in [3.05, 3.63) is 66.4 Å². The van der Waals surface area contributed by atoms with E-state index in [0.717, 1.165) is 18.8 Å². The monoisotopic (exact) mass is 424 g/mol. The highest BCUT2D eigenvalue weighted by atomic mass is 16.6. The number of ether oxygens (including phenoxy) is 2. The lowest BCUT2D eigenvalue weighted by Gasteiger charge is -2.28. The van der Waals surface area contributed by atoms with E-state index in [9.17, 15) is 9.59 Å². The van der Waals surface area contributed by atoms with Gasteiger partial charge in [-0.15, -0.1) is 0 Å². The highest BCUT2D eigenvalue weighted by Gasteiger charge is 2.21. The van der Waals surface area contributed by atoms with Crippen LogP contribution in [0.1, 0.15) is 23.2 Å². The third-order valence-electron chi connectivity index (χ3n) is 4.90. The molecule has 0 spiro atoms. The minimum atomic E-state index is -0.980. The highest BCUT2D eigenvalue weighted by molar-refractivity contribution is 5.96. The molecule has 1 aliphatic rings. The van der Waals surface area contributed by atoms with Crippen LogP contribution in [0.5, 0.6) is 0 Å². The Labute approximate surface area is 179 Å².